The number of carboxylic acid groups (broad SMARTS) is 1. The Balaban J connectivity index is 2.10. The summed E-state index contributed by atoms with van der Waals surface area (Å²) < 4.78 is 39.8. The van der Waals surface area contributed by atoms with Crippen molar-refractivity contribution in [3.05, 3.63) is 65.5 Å². The highest BCUT2D eigenvalue weighted by Gasteiger charge is 2.18. The number of benzene rings is 2. The highest BCUT2D eigenvalue weighted by Crippen LogP contribution is 2.15. The van der Waals surface area contributed by atoms with Gasteiger partial charge in [-0.1, -0.05) is 30.3 Å². The molecule has 0 saturated carbocycles. The van der Waals surface area contributed by atoms with Crippen molar-refractivity contribution in [2.45, 2.75) is 11.3 Å². The fraction of sp³-hybridized carbons (Fsp3) is 0.133. The first-order chi connectivity index (χ1) is 10.4. The summed E-state index contributed by atoms with van der Waals surface area (Å²) >= 11 is 0. The Bertz CT molecular complexity index is 775. The average Bonchev–Trinajstić information content (AvgIpc) is 2.48. The summed E-state index contributed by atoms with van der Waals surface area (Å²) in [5.74, 6) is -2.49. The van der Waals surface area contributed by atoms with Crippen LogP contribution < -0.4 is 4.72 Å². The van der Waals surface area contributed by atoms with Crippen molar-refractivity contribution in [1.29, 1.82) is 0 Å². The summed E-state index contributed by atoms with van der Waals surface area (Å²) in [5, 5.41) is 8.83. The normalized spacial score (nSPS) is 11.3. The van der Waals surface area contributed by atoms with E-state index >= 15 is 0 Å². The molecule has 0 saturated heterocycles. The monoisotopic (exact) mass is 323 g/mol. The molecule has 0 heterocycles. The van der Waals surface area contributed by atoms with Crippen molar-refractivity contribution >= 4 is 16.0 Å². The Morgan fingerprint density at radius 3 is 2.45 bits per heavy atom. The molecule has 0 aromatic heterocycles. The summed E-state index contributed by atoms with van der Waals surface area (Å²) in [7, 11) is -3.88. The van der Waals surface area contributed by atoms with Crippen LogP contribution in [0, 0.1) is 5.82 Å². The molecule has 116 valence electrons. The molecule has 0 aliphatic heterocycles. The van der Waals surface area contributed by atoms with E-state index in [1.165, 1.54) is 0 Å². The van der Waals surface area contributed by atoms with Crippen LogP contribution in [0.3, 0.4) is 0 Å². The highest BCUT2D eigenvalue weighted by atomic mass is 32.2. The van der Waals surface area contributed by atoms with E-state index in [9.17, 15) is 17.6 Å². The Kier molecular flexibility index (Phi) is 4.89. The van der Waals surface area contributed by atoms with E-state index in [-0.39, 0.29) is 11.4 Å². The maximum absolute atomic E-state index is 13.3. The second-order valence-corrected chi connectivity index (χ2v) is 6.35. The second-order valence-electron chi connectivity index (χ2n) is 4.58. The molecule has 5 nitrogen and oxygen atoms in total. The van der Waals surface area contributed by atoms with E-state index in [1.54, 1.807) is 0 Å². The molecule has 0 atom stereocenters. The van der Waals surface area contributed by atoms with E-state index < -0.39 is 27.4 Å². The van der Waals surface area contributed by atoms with Crippen LogP contribution in [0.2, 0.25) is 0 Å². The number of hydrogen-bond donors (Lipinski definition) is 2. The van der Waals surface area contributed by atoms with Crippen LogP contribution in [-0.2, 0) is 16.4 Å². The molecule has 0 fully saturated rings. The first-order valence-corrected chi connectivity index (χ1v) is 7.95. The molecule has 2 N–H and O–H groups in total. The maximum Gasteiger partial charge on any atom is 0.338 e. The Labute approximate surface area is 127 Å². The van der Waals surface area contributed by atoms with Crippen LogP contribution in [0.25, 0.3) is 0 Å². The maximum atomic E-state index is 13.3. The fourth-order valence-electron chi connectivity index (χ4n) is 1.89. The van der Waals surface area contributed by atoms with Gasteiger partial charge in [0.25, 0.3) is 0 Å². The molecular weight excluding hydrogens is 309 g/mol. The standard InChI is InChI=1S/C15H14FNO4S/c16-14-7-6-12(10-13(14)15(18)19)22(20,21)17-9-8-11-4-2-1-3-5-11/h1-7,10,17H,8-9H2,(H,18,19). The third kappa shape index (κ3) is 3.90. The van der Waals surface area contributed by atoms with Crippen molar-refractivity contribution in [2.75, 3.05) is 6.54 Å². The zero-order chi connectivity index (χ0) is 16.2. The summed E-state index contributed by atoms with van der Waals surface area (Å²) in [4.78, 5) is 10.6. The minimum absolute atomic E-state index is 0.159. The number of halogens is 1. The lowest BCUT2D eigenvalue weighted by molar-refractivity contribution is 0.0691. The quantitative estimate of drug-likeness (QED) is 0.852. The van der Waals surface area contributed by atoms with Crippen LogP contribution in [-0.4, -0.2) is 26.0 Å². The number of hydrogen-bond acceptors (Lipinski definition) is 3. The first-order valence-electron chi connectivity index (χ1n) is 6.46. The number of nitrogens with one attached hydrogen (secondary N) is 1. The topological polar surface area (TPSA) is 83.5 Å². The first kappa shape index (κ1) is 16.1. The van der Waals surface area contributed by atoms with Gasteiger partial charge in [0.15, 0.2) is 0 Å². The number of carboxylic acids is 1. The van der Waals surface area contributed by atoms with Gasteiger partial charge in [-0.25, -0.2) is 22.3 Å². The molecule has 0 aliphatic carbocycles. The summed E-state index contributed by atoms with van der Waals surface area (Å²) in [5.41, 5.74) is 0.293. The molecule has 0 amide bonds. The van der Waals surface area contributed by atoms with Crippen LogP contribution in [0.5, 0.6) is 0 Å². The molecule has 0 aliphatic rings. The van der Waals surface area contributed by atoms with Crippen LogP contribution >= 0.6 is 0 Å². The molecular formula is C15H14FNO4S. The molecule has 7 heteroatoms. The van der Waals surface area contributed by atoms with E-state index in [2.05, 4.69) is 4.72 Å². The van der Waals surface area contributed by atoms with Gasteiger partial charge >= 0.3 is 5.97 Å². The van der Waals surface area contributed by atoms with Crippen LogP contribution in [0.4, 0.5) is 4.39 Å². The van der Waals surface area contributed by atoms with Gasteiger partial charge in [0.1, 0.15) is 5.82 Å². The molecule has 22 heavy (non-hydrogen) atoms. The summed E-state index contributed by atoms with van der Waals surface area (Å²) in [6, 6.07) is 12.0. The Morgan fingerprint density at radius 1 is 1.14 bits per heavy atom. The third-order valence-electron chi connectivity index (χ3n) is 3.03. The van der Waals surface area contributed by atoms with Crippen molar-refractivity contribution in [2.24, 2.45) is 0 Å². The molecule has 2 rings (SSSR count). The predicted octanol–water partition coefficient (Wildman–Crippen LogP) is 2.04. The smallest absolute Gasteiger partial charge is 0.338 e. The van der Waals surface area contributed by atoms with Gasteiger partial charge in [-0.2, -0.15) is 0 Å². The second kappa shape index (κ2) is 6.67. The van der Waals surface area contributed by atoms with Crippen molar-refractivity contribution in [3.63, 3.8) is 0 Å². The van der Waals surface area contributed by atoms with Crippen LogP contribution in [0.1, 0.15) is 15.9 Å². The van der Waals surface area contributed by atoms with E-state index in [1.807, 2.05) is 30.3 Å². The van der Waals surface area contributed by atoms with Gasteiger partial charge in [0.05, 0.1) is 10.5 Å². The average molecular weight is 323 g/mol. The largest absolute Gasteiger partial charge is 0.478 e. The molecule has 2 aromatic rings. The van der Waals surface area contributed by atoms with E-state index in [4.69, 9.17) is 5.11 Å². The van der Waals surface area contributed by atoms with Gasteiger partial charge in [0, 0.05) is 6.54 Å². The van der Waals surface area contributed by atoms with E-state index in [0.717, 1.165) is 23.8 Å². The van der Waals surface area contributed by atoms with Crippen molar-refractivity contribution in [3.8, 4) is 0 Å². The van der Waals surface area contributed by atoms with Gasteiger partial charge in [-0.3, -0.25) is 0 Å². The van der Waals surface area contributed by atoms with Gasteiger partial charge in [0.2, 0.25) is 10.0 Å². The lowest BCUT2D eigenvalue weighted by atomic mass is 10.2. The molecule has 0 unspecified atom stereocenters. The molecule has 0 bridgehead atoms. The fourth-order valence-corrected chi connectivity index (χ4v) is 2.95. The van der Waals surface area contributed by atoms with Crippen molar-refractivity contribution in [1.82, 2.24) is 4.72 Å². The Morgan fingerprint density at radius 2 is 1.82 bits per heavy atom. The molecule has 0 spiro atoms. The predicted molar refractivity (Wildman–Crippen MR) is 78.7 cm³/mol. The summed E-state index contributed by atoms with van der Waals surface area (Å²) in [6.07, 6.45) is 0.493. The van der Waals surface area contributed by atoms with Crippen LogP contribution in [0.15, 0.2) is 53.4 Å². The molecule has 0 radical (unpaired) electrons. The number of rotatable bonds is 6. The minimum Gasteiger partial charge on any atom is -0.478 e. The third-order valence-corrected chi connectivity index (χ3v) is 4.49. The zero-order valence-electron chi connectivity index (χ0n) is 11.5. The number of carbonyl (C=O) groups is 1. The Hall–Kier alpha value is -2.25. The minimum atomic E-state index is -3.88. The van der Waals surface area contributed by atoms with Gasteiger partial charge in [-0.05, 0) is 30.2 Å². The highest BCUT2D eigenvalue weighted by molar-refractivity contribution is 7.89. The number of aromatic carboxylic acids is 1. The SMILES string of the molecule is O=C(O)c1cc(S(=O)(=O)NCCc2ccccc2)ccc1F. The number of sulfonamides is 1. The van der Waals surface area contributed by atoms with Gasteiger partial charge in [-0.15, -0.1) is 0 Å². The molecule has 2 aromatic carbocycles. The van der Waals surface area contributed by atoms with Gasteiger partial charge < -0.3 is 5.11 Å². The zero-order valence-corrected chi connectivity index (χ0v) is 12.3. The van der Waals surface area contributed by atoms with Crippen molar-refractivity contribution < 1.29 is 22.7 Å². The summed E-state index contributed by atoms with van der Waals surface area (Å²) in [6.45, 7) is 0.159. The lowest BCUT2D eigenvalue weighted by Gasteiger charge is -2.08. The van der Waals surface area contributed by atoms with E-state index in [0.29, 0.717) is 6.42 Å². The lowest BCUT2D eigenvalue weighted by Crippen LogP contribution is -2.26.